The Morgan fingerprint density at radius 2 is 2.29 bits per heavy atom. The summed E-state index contributed by atoms with van der Waals surface area (Å²) in [5, 5.41) is 12.0. The summed E-state index contributed by atoms with van der Waals surface area (Å²) in [6, 6.07) is 4.20. The lowest BCUT2D eigenvalue weighted by atomic mass is 10.2. The van der Waals surface area contributed by atoms with Crippen LogP contribution in [0.1, 0.15) is 10.4 Å². The van der Waals surface area contributed by atoms with Gasteiger partial charge in [0.15, 0.2) is 0 Å². The molecule has 1 aromatic rings. The van der Waals surface area contributed by atoms with Gasteiger partial charge < -0.3 is 16.2 Å². The fraction of sp³-hybridized carbons (Fsp3) is 0.222. The fourth-order valence-corrected chi connectivity index (χ4v) is 1.17. The van der Waals surface area contributed by atoms with Crippen molar-refractivity contribution in [2.45, 2.75) is 0 Å². The number of carbonyl (C=O) groups is 1. The van der Waals surface area contributed by atoms with Crippen LogP contribution in [-0.4, -0.2) is 24.1 Å². The standard InChI is InChI=1S/C9H11ClN2O2/c10-8-2-1-6(13)5-7(8)9(14)12-4-3-11/h1-2,5,13H,3-4,11H2,(H,12,14). The van der Waals surface area contributed by atoms with E-state index in [1.54, 1.807) is 0 Å². The molecule has 76 valence electrons. The van der Waals surface area contributed by atoms with Crippen molar-refractivity contribution in [3.63, 3.8) is 0 Å². The van der Waals surface area contributed by atoms with E-state index in [1.807, 2.05) is 0 Å². The van der Waals surface area contributed by atoms with E-state index in [4.69, 9.17) is 22.4 Å². The van der Waals surface area contributed by atoms with E-state index in [2.05, 4.69) is 5.32 Å². The number of hydrogen-bond donors (Lipinski definition) is 3. The number of hydrogen-bond acceptors (Lipinski definition) is 3. The molecule has 0 saturated heterocycles. The van der Waals surface area contributed by atoms with E-state index in [-0.39, 0.29) is 17.2 Å². The molecular weight excluding hydrogens is 204 g/mol. The SMILES string of the molecule is NCCNC(=O)c1cc(O)ccc1Cl. The maximum Gasteiger partial charge on any atom is 0.252 e. The van der Waals surface area contributed by atoms with Gasteiger partial charge in [0, 0.05) is 13.1 Å². The molecule has 4 N–H and O–H groups in total. The summed E-state index contributed by atoms with van der Waals surface area (Å²) in [7, 11) is 0. The van der Waals surface area contributed by atoms with Crippen LogP contribution in [0.4, 0.5) is 0 Å². The molecule has 14 heavy (non-hydrogen) atoms. The minimum Gasteiger partial charge on any atom is -0.508 e. The largest absolute Gasteiger partial charge is 0.508 e. The fourth-order valence-electron chi connectivity index (χ4n) is 0.968. The Morgan fingerprint density at radius 1 is 1.57 bits per heavy atom. The predicted octanol–water partition coefficient (Wildman–Crippen LogP) is 0.734. The van der Waals surface area contributed by atoms with Crippen LogP contribution >= 0.6 is 11.6 Å². The maximum atomic E-state index is 11.4. The third-order valence-electron chi connectivity index (χ3n) is 1.62. The quantitative estimate of drug-likeness (QED) is 0.695. The van der Waals surface area contributed by atoms with Gasteiger partial charge in [-0.1, -0.05) is 11.6 Å². The Labute approximate surface area is 86.7 Å². The van der Waals surface area contributed by atoms with E-state index in [0.717, 1.165) is 0 Å². The van der Waals surface area contributed by atoms with Crippen molar-refractivity contribution in [1.82, 2.24) is 5.32 Å². The van der Waals surface area contributed by atoms with Crippen LogP contribution in [0.25, 0.3) is 0 Å². The van der Waals surface area contributed by atoms with Gasteiger partial charge >= 0.3 is 0 Å². The minimum atomic E-state index is -0.337. The number of rotatable bonds is 3. The van der Waals surface area contributed by atoms with Crippen LogP contribution in [0, 0.1) is 0 Å². The van der Waals surface area contributed by atoms with E-state index in [1.165, 1.54) is 18.2 Å². The summed E-state index contributed by atoms with van der Waals surface area (Å²) in [6.45, 7) is 0.743. The highest BCUT2D eigenvalue weighted by Gasteiger charge is 2.09. The molecular formula is C9H11ClN2O2. The number of benzene rings is 1. The van der Waals surface area contributed by atoms with E-state index in [9.17, 15) is 4.79 Å². The second kappa shape index (κ2) is 4.83. The monoisotopic (exact) mass is 214 g/mol. The van der Waals surface area contributed by atoms with Crippen molar-refractivity contribution < 1.29 is 9.90 Å². The third kappa shape index (κ3) is 2.61. The predicted molar refractivity (Wildman–Crippen MR) is 54.5 cm³/mol. The molecule has 0 radical (unpaired) electrons. The summed E-state index contributed by atoms with van der Waals surface area (Å²) >= 11 is 5.77. The van der Waals surface area contributed by atoms with Crippen LogP contribution in [0.2, 0.25) is 5.02 Å². The first-order chi connectivity index (χ1) is 6.65. The zero-order valence-electron chi connectivity index (χ0n) is 7.46. The molecule has 0 spiro atoms. The molecule has 1 rings (SSSR count). The summed E-state index contributed by atoms with van der Waals surface area (Å²) in [5.74, 6) is -0.330. The zero-order chi connectivity index (χ0) is 10.6. The third-order valence-corrected chi connectivity index (χ3v) is 1.95. The molecule has 0 fully saturated rings. The van der Waals surface area contributed by atoms with Crippen molar-refractivity contribution in [2.24, 2.45) is 5.73 Å². The molecule has 0 unspecified atom stereocenters. The average Bonchev–Trinajstić information content (AvgIpc) is 2.18. The maximum absolute atomic E-state index is 11.4. The summed E-state index contributed by atoms with van der Waals surface area (Å²) in [6.07, 6.45) is 0. The van der Waals surface area contributed by atoms with Gasteiger partial charge in [-0.3, -0.25) is 4.79 Å². The van der Waals surface area contributed by atoms with Gasteiger partial charge in [0.2, 0.25) is 0 Å². The van der Waals surface area contributed by atoms with E-state index in [0.29, 0.717) is 18.1 Å². The van der Waals surface area contributed by atoms with Crippen molar-refractivity contribution in [2.75, 3.05) is 13.1 Å². The van der Waals surface area contributed by atoms with Crippen molar-refractivity contribution in [3.05, 3.63) is 28.8 Å². The zero-order valence-corrected chi connectivity index (χ0v) is 8.21. The summed E-state index contributed by atoms with van der Waals surface area (Å²) in [4.78, 5) is 11.4. The highest BCUT2D eigenvalue weighted by molar-refractivity contribution is 6.33. The summed E-state index contributed by atoms with van der Waals surface area (Å²) < 4.78 is 0. The van der Waals surface area contributed by atoms with Crippen LogP contribution in [0.15, 0.2) is 18.2 Å². The van der Waals surface area contributed by atoms with E-state index >= 15 is 0 Å². The first-order valence-electron chi connectivity index (χ1n) is 4.12. The topological polar surface area (TPSA) is 75.3 Å². The summed E-state index contributed by atoms with van der Waals surface area (Å²) in [5.41, 5.74) is 5.48. The molecule has 0 aliphatic heterocycles. The molecule has 5 heteroatoms. The van der Waals surface area contributed by atoms with Gasteiger partial charge in [0.05, 0.1) is 10.6 Å². The van der Waals surface area contributed by atoms with Crippen LogP contribution in [0.3, 0.4) is 0 Å². The van der Waals surface area contributed by atoms with E-state index < -0.39 is 0 Å². The van der Waals surface area contributed by atoms with Gasteiger partial charge in [-0.05, 0) is 18.2 Å². The number of carbonyl (C=O) groups excluding carboxylic acids is 1. The van der Waals surface area contributed by atoms with Crippen LogP contribution in [0.5, 0.6) is 5.75 Å². The van der Waals surface area contributed by atoms with Gasteiger partial charge in [-0.25, -0.2) is 0 Å². The normalized spacial score (nSPS) is 9.86. The Balaban J connectivity index is 2.83. The molecule has 4 nitrogen and oxygen atoms in total. The number of phenolic OH excluding ortho intramolecular Hbond substituents is 1. The van der Waals surface area contributed by atoms with Crippen LogP contribution < -0.4 is 11.1 Å². The number of nitrogens with two attached hydrogens (primary N) is 1. The average molecular weight is 215 g/mol. The molecule has 0 aliphatic rings. The van der Waals surface area contributed by atoms with Gasteiger partial charge in [-0.2, -0.15) is 0 Å². The number of phenols is 1. The molecule has 0 aromatic heterocycles. The van der Waals surface area contributed by atoms with Gasteiger partial charge in [-0.15, -0.1) is 0 Å². The smallest absolute Gasteiger partial charge is 0.252 e. The molecule has 0 heterocycles. The molecule has 1 amide bonds. The van der Waals surface area contributed by atoms with Crippen molar-refractivity contribution >= 4 is 17.5 Å². The van der Waals surface area contributed by atoms with Crippen molar-refractivity contribution in [3.8, 4) is 5.75 Å². The molecule has 0 aliphatic carbocycles. The van der Waals surface area contributed by atoms with Crippen molar-refractivity contribution in [1.29, 1.82) is 0 Å². The minimum absolute atomic E-state index is 0.00676. The highest BCUT2D eigenvalue weighted by atomic mass is 35.5. The van der Waals surface area contributed by atoms with Gasteiger partial charge in [0.1, 0.15) is 5.75 Å². The lowest BCUT2D eigenvalue weighted by Gasteiger charge is -2.05. The molecule has 0 atom stereocenters. The lowest BCUT2D eigenvalue weighted by molar-refractivity contribution is 0.0954. The second-order valence-electron chi connectivity index (χ2n) is 2.71. The number of aromatic hydroxyl groups is 1. The Morgan fingerprint density at radius 3 is 2.93 bits per heavy atom. The van der Waals surface area contributed by atoms with Crippen LogP contribution in [-0.2, 0) is 0 Å². The number of halogens is 1. The first kappa shape index (κ1) is 10.8. The Kier molecular flexibility index (Phi) is 3.73. The molecule has 0 bridgehead atoms. The number of nitrogens with one attached hydrogen (secondary N) is 1. The second-order valence-corrected chi connectivity index (χ2v) is 3.12. The molecule has 1 aromatic carbocycles. The molecule has 0 saturated carbocycles. The first-order valence-corrected chi connectivity index (χ1v) is 4.49. The highest BCUT2D eigenvalue weighted by Crippen LogP contribution is 2.20. The Hall–Kier alpha value is -1.26. The lowest BCUT2D eigenvalue weighted by Crippen LogP contribution is -2.29. The number of amides is 1. The van der Waals surface area contributed by atoms with Gasteiger partial charge in [0.25, 0.3) is 5.91 Å². The Bertz CT molecular complexity index is 342.